The predicted molar refractivity (Wildman–Crippen MR) is 224 cm³/mol. The van der Waals surface area contributed by atoms with E-state index in [0.717, 1.165) is 96.3 Å². The van der Waals surface area contributed by atoms with E-state index >= 15 is 0 Å². The van der Waals surface area contributed by atoms with Gasteiger partial charge in [-0.2, -0.15) is 0 Å². The first kappa shape index (κ1) is 49.9. The Bertz CT molecular complexity index is 1030. The van der Waals surface area contributed by atoms with Crippen LogP contribution in [0.3, 0.4) is 0 Å². The number of rotatable bonds is 37. The zero-order valence-electron chi connectivity index (χ0n) is 34.3. The minimum Gasteiger partial charge on any atom is -0.462 e. The smallest absolute Gasteiger partial charge is 0.306 e. The summed E-state index contributed by atoms with van der Waals surface area (Å²) in [7, 11) is 0. The molecule has 0 aromatic rings. The highest BCUT2D eigenvalue weighted by Gasteiger charge is 2.19. The second-order valence-electron chi connectivity index (χ2n) is 13.9. The zero-order chi connectivity index (χ0) is 38.7. The van der Waals surface area contributed by atoms with Gasteiger partial charge in [0.2, 0.25) is 0 Å². The topological polar surface area (TPSA) is 78.9 Å². The van der Waals surface area contributed by atoms with Gasteiger partial charge in [-0.3, -0.25) is 14.4 Å². The fourth-order valence-corrected chi connectivity index (χ4v) is 5.61. The molecule has 0 saturated heterocycles. The number of hydrogen-bond donors (Lipinski definition) is 0. The Labute approximate surface area is 325 Å². The van der Waals surface area contributed by atoms with E-state index < -0.39 is 6.10 Å². The molecule has 0 heterocycles. The summed E-state index contributed by atoms with van der Waals surface area (Å²) in [6.07, 6.45) is 50.3. The minimum absolute atomic E-state index is 0.0978. The molecule has 0 aromatic heterocycles. The molecule has 1 unspecified atom stereocenters. The summed E-state index contributed by atoms with van der Waals surface area (Å²) in [5, 5.41) is 0. The molecule has 53 heavy (non-hydrogen) atoms. The average molecular weight is 739 g/mol. The quantitative estimate of drug-likeness (QED) is 0.0208. The van der Waals surface area contributed by atoms with Gasteiger partial charge in [0.05, 0.1) is 0 Å². The summed E-state index contributed by atoms with van der Waals surface area (Å²) in [6, 6.07) is 0. The third kappa shape index (κ3) is 39.9. The van der Waals surface area contributed by atoms with Gasteiger partial charge in [-0.05, 0) is 64.2 Å². The summed E-state index contributed by atoms with van der Waals surface area (Å²) >= 11 is 0. The van der Waals surface area contributed by atoms with E-state index in [2.05, 4.69) is 69.4 Å². The lowest BCUT2D eigenvalue weighted by Gasteiger charge is -2.18. The van der Waals surface area contributed by atoms with Gasteiger partial charge in [0, 0.05) is 19.3 Å². The lowest BCUT2D eigenvalue weighted by molar-refractivity contribution is -0.167. The molecule has 1 atom stereocenters. The van der Waals surface area contributed by atoms with Crippen LogP contribution in [0.2, 0.25) is 0 Å². The number of allylic oxidation sites excluding steroid dienone is 12. The summed E-state index contributed by atoms with van der Waals surface area (Å²) in [4.78, 5) is 37.6. The molecular weight excluding hydrogens is 661 g/mol. The van der Waals surface area contributed by atoms with Crippen LogP contribution in [-0.2, 0) is 28.6 Å². The first-order chi connectivity index (χ1) is 26.0. The molecule has 0 saturated carbocycles. The van der Waals surface area contributed by atoms with Crippen molar-refractivity contribution >= 4 is 17.9 Å². The van der Waals surface area contributed by atoms with E-state index in [1.807, 2.05) is 24.3 Å². The van der Waals surface area contributed by atoms with Crippen molar-refractivity contribution in [2.45, 2.75) is 194 Å². The number of carbonyl (C=O) groups is 3. The summed E-state index contributed by atoms with van der Waals surface area (Å²) < 4.78 is 16.6. The molecule has 0 N–H and O–H groups in total. The van der Waals surface area contributed by atoms with Crippen LogP contribution in [0.4, 0.5) is 0 Å². The van der Waals surface area contributed by atoms with Crippen molar-refractivity contribution in [3.63, 3.8) is 0 Å². The normalized spacial score (nSPS) is 12.7. The van der Waals surface area contributed by atoms with Gasteiger partial charge < -0.3 is 14.2 Å². The standard InChI is InChI=1S/C47H78O6/c1-4-7-10-13-16-19-21-22-23-24-26-28-31-34-37-40-46(49)52-43-44(42-51-45(48)39-36-33-30-27-18-15-12-9-6-3)53-47(50)41-38-35-32-29-25-20-17-14-11-8-5-2/h7,9-10,12-13,16,18-19,21-23,27,44H,4-6,8,11,14-15,17,20,24-26,28-43H2,1-3H3/b10-7-,12-9-,16-13-,21-19-,23-22-,27-18-. The van der Waals surface area contributed by atoms with Crippen LogP contribution in [0.15, 0.2) is 72.9 Å². The third-order valence-corrected chi connectivity index (χ3v) is 8.80. The van der Waals surface area contributed by atoms with E-state index in [4.69, 9.17) is 14.2 Å². The molecule has 0 fully saturated rings. The molecule has 0 amide bonds. The van der Waals surface area contributed by atoms with Crippen LogP contribution < -0.4 is 0 Å². The number of hydrogen-bond acceptors (Lipinski definition) is 6. The molecule has 6 nitrogen and oxygen atoms in total. The third-order valence-electron chi connectivity index (χ3n) is 8.80. The maximum atomic E-state index is 12.7. The van der Waals surface area contributed by atoms with Crippen molar-refractivity contribution in [2.24, 2.45) is 0 Å². The largest absolute Gasteiger partial charge is 0.462 e. The molecule has 0 radical (unpaired) electrons. The van der Waals surface area contributed by atoms with E-state index in [0.29, 0.717) is 19.3 Å². The summed E-state index contributed by atoms with van der Waals surface area (Å²) in [5.41, 5.74) is 0. The van der Waals surface area contributed by atoms with Gasteiger partial charge in [0.1, 0.15) is 13.2 Å². The van der Waals surface area contributed by atoms with Crippen molar-refractivity contribution in [3.05, 3.63) is 72.9 Å². The lowest BCUT2D eigenvalue weighted by atomic mass is 10.1. The Morgan fingerprint density at radius 2 is 0.830 bits per heavy atom. The number of carbonyl (C=O) groups excluding carboxylic acids is 3. The minimum atomic E-state index is -0.793. The molecule has 0 rings (SSSR count). The molecular formula is C47H78O6. The van der Waals surface area contributed by atoms with Crippen molar-refractivity contribution in [3.8, 4) is 0 Å². The van der Waals surface area contributed by atoms with Gasteiger partial charge in [-0.1, -0.05) is 177 Å². The number of ether oxygens (including phenoxy) is 3. The van der Waals surface area contributed by atoms with Crippen LogP contribution in [0.5, 0.6) is 0 Å². The Morgan fingerprint density at radius 1 is 0.415 bits per heavy atom. The van der Waals surface area contributed by atoms with E-state index in [-0.39, 0.29) is 31.1 Å². The maximum Gasteiger partial charge on any atom is 0.306 e. The van der Waals surface area contributed by atoms with Crippen LogP contribution in [0.1, 0.15) is 188 Å². The Hall–Kier alpha value is -3.15. The van der Waals surface area contributed by atoms with Gasteiger partial charge in [-0.15, -0.1) is 0 Å². The van der Waals surface area contributed by atoms with Crippen molar-refractivity contribution < 1.29 is 28.6 Å². The second-order valence-corrected chi connectivity index (χ2v) is 13.9. The average Bonchev–Trinajstić information content (AvgIpc) is 3.15. The molecule has 0 aliphatic carbocycles. The molecule has 0 spiro atoms. The maximum absolute atomic E-state index is 12.7. The van der Waals surface area contributed by atoms with E-state index in [1.165, 1.54) is 51.4 Å². The number of esters is 3. The van der Waals surface area contributed by atoms with Crippen LogP contribution >= 0.6 is 0 Å². The van der Waals surface area contributed by atoms with Crippen molar-refractivity contribution in [1.82, 2.24) is 0 Å². The first-order valence-electron chi connectivity index (χ1n) is 21.5. The molecule has 0 aromatic carbocycles. The van der Waals surface area contributed by atoms with Crippen molar-refractivity contribution in [1.29, 1.82) is 0 Å². The second kappa shape index (κ2) is 41.6. The highest BCUT2D eigenvalue weighted by molar-refractivity contribution is 5.71. The highest BCUT2D eigenvalue weighted by Crippen LogP contribution is 2.13. The van der Waals surface area contributed by atoms with Crippen LogP contribution in [0.25, 0.3) is 0 Å². The lowest BCUT2D eigenvalue weighted by Crippen LogP contribution is -2.30. The SMILES string of the molecule is CC\C=C/C=C\C=C/C=C\CCCCCCCC(=O)OCC(COC(=O)CCCC/C=C\C/C=C\CC)OC(=O)CCCCCCCCCCCCC. The predicted octanol–water partition coefficient (Wildman–Crippen LogP) is 13.5. The van der Waals surface area contributed by atoms with Crippen LogP contribution in [0, 0.1) is 0 Å². The van der Waals surface area contributed by atoms with Gasteiger partial charge in [0.25, 0.3) is 0 Å². The Balaban J connectivity index is 4.43. The fraction of sp³-hybridized carbons (Fsp3) is 0.681. The van der Waals surface area contributed by atoms with Gasteiger partial charge in [-0.25, -0.2) is 0 Å². The zero-order valence-corrected chi connectivity index (χ0v) is 34.3. The van der Waals surface area contributed by atoms with E-state index in [1.54, 1.807) is 0 Å². The van der Waals surface area contributed by atoms with Crippen molar-refractivity contribution in [2.75, 3.05) is 13.2 Å². The number of unbranched alkanes of at least 4 members (excludes halogenated alkanes) is 17. The fourth-order valence-electron chi connectivity index (χ4n) is 5.61. The first-order valence-corrected chi connectivity index (χ1v) is 21.5. The molecule has 0 aliphatic rings. The van der Waals surface area contributed by atoms with E-state index in [9.17, 15) is 14.4 Å². The Morgan fingerprint density at radius 3 is 1.40 bits per heavy atom. The van der Waals surface area contributed by atoms with Crippen LogP contribution in [-0.4, -0.2) is 37.2 Å². The molecule has 6 heteroatoms. The monoisotopic (exact) mass is 739 g/mol. The molecule has 302 valence electrons. The summed E-state index contributed by atoms with van der Waals surface area (Å²) in [5.74, 6) is -0.965. The van der Waals surface area contributed by atoms with Gasteiger partial charge in [0.15, 0.2) is 6.10 Å². The highest BCUT2D eigenvalue weighted by atomic mass is 16.6. The summed E-state index contributed by atoms with van der Waals surface area (Å²) in [6.45, 7) is 6.29. The van der Waals surface area contributed by atoms with Gasteiger partial charge >= 0.3 is 17.9 Å². The molecule has 0 aliphatic heterocycles. The Kier molecular flexibility index (Phi) is 39.1. The molecule has 0 bridgehead atoms.